The molecule has 6 aromatic rings. The quantitative estimate of drug-likeness (QED) is 0.161. The highest BCUT2D eigenvalue weighted by Gasteiger charge is 2.16. The van der Waals surface area contributed by atoms with Gasteiger partial charge >= 0.3 is 0 Å². The molecule has 0 unspecified atom stereocenters. The first-order chi connectivity index (χ1) is 37.3. The maximum Gasteiger partial charge on any atom is 0.275 e. The van der Waals surface area contributed by atoms with Gasteiger partial charge in [-0.2, -0.15) is 20.4 Å². The number of aliphatic hydroxyl groups is 1. The SMILES string of the molecule is CO.COc1cc2nc(c1)/C=N/NC(=O)c1ccccc1OCCOCCOc1ccccc1C(=O)N/N=C/c1cc(OC)cc(n1)/C=N/NC(=O)c1ccccc1OCCOCCOc1ccccc1C(=O)N/N=C\2. The molecule has 0 saturated carbocycles. The number of para-hydroxylation sites is 4. The number of benzene rings is 4. The molecule has 4 aromatic carbocycles. The molecule has 7 rings (SSSR count). The van der Waals surface area contributed by atoms with Gasteiger partial charge in [-0.15, -0.1) is 0 Å². The van der Waals surface area contributed by atoms with Gasteiger partial charge < -0.3 is 43.0 Å². The predicted octanol–water partition coefficient (Wildman–Crippen LogP) is 4.42. The third-order valence-electron chi connectivity index (χ3n) is 10.1. The highest BCUT2D eigenvalue weighted by Crippen LogP contribution is 2.22. The number of methoxy groups -OCH3 is 2. The Morgan fingerprint density at radius 3 is 0.855 bits per heavy atom. The van der Waals surface area contributed by atoms with Crippen molar-refractivity contribution >= 4 is 48.5 Å². The summed E-state index contributed by atoms with van der Waals surface area (Å²) >= 11 is 0. The number of rotatable bonds is 2. The van der Waals surface area contributed by atoms with Crippen LogP contribution in [0.1, 0.15) is 64.2 Å². The van der Waals surface area contributed by atoms with Gasteiger partial charge in [0, 0.05) is 31.4 Å². The number of hydrazone groups is 4. The number of carbonyl (C=O) groups excluding carboxylic acids is 4. The van der Waals surface area contributed by atoms with E-state index in [9.17, 15) is 19.2 Å². The van der Waals surface area contributed by atoms with E-state index in [-0.39, 0.29) is 75.1 Å². The van der Waals surface area contributed by atoms with Crippen LogP contribution >= 0.6 is 0 Å². The van der Waals surface area contributed by atoms with E-state index < -0.39 is 23.6 Å². The third-order valence-corrected chi connectivity index (χ3v) is 10.1. The molecule has 0 aliphatic carbocycles. The Kier molecular flexibility index (Phi) is 22.3. The van der Waals surface area contributed by atoms with Crippen LogP contribution in [0.3, 0.4) is 0 Å². The minimum Gasteiger partial charge on any atom is -0.497 e. The number of aromatic nitrogens is 2. The van der Waals surface area contributed by atoms with Crippen LogP contribution in [0.5, 0.6) is 34.5 Å². The van der Waals surface area contributed by atoms with Gasteiger partial charge in [-0.25, -0.2) is 31.7 Å². The molecule has 3 heterocycles. The van der Waals surface area contributed by atoms with Crippen LogP contribution in [-0.2, 0) is 9.47 Å². The maximum atomic E-state index is 13.2. The van der Waals surface area contributed by atoms with Gasteiger partial charge in [-0.3, -0.25) is 19.2 Å². The standard InChI is InChI=1S/C52H50N10O12.CH4O/c1-67-39-27-35-31-53-59-49(63)41-11-3-7-15-45(41)71-23-19-69-21-25-73-47-17-9-5-13-43(47)51(65)61-55-33-37-29-40(68-2)30-38(58-37)34-56-62-52(66)44-14-6-10-18-48(44)74-26-22-70-20-24-72-46-16-8-4-12-42(46)50(64)60-54-32-36(28-39)57-35;1-2/h3-18,27-34H,19-26H2,1-2H3,(H,59,63)(H,60,64)(H,61,65)(H,62,66);2H,1H3/b53-31-,54-32+,55-33+,56-34+;. The van der Waals surface area contributed by atoms with Crippen molar-refractivity contribution in [2.24, 2.45) is 20.4 Å². The van der Waals surface area contributed by atoms with E-state index in [0.29, 0.717) is 57.3 Å². The van der Waals surface area contributed by atoms with E-state index in [1.54, 1.807) is 121 Å². The van der Waals surface area contributed by atoms with Crippen molar-refractivity contribution < 1.29 is 62.2 Å². The molecule has 0 fully saturated rings. The van der Waals surface area contributed by atoms with E-state index in [1.807, 2.05) is 0 Å². The van der Waals surface area contributed by atoms with Crippen molar-refractivity contribution in [3.8, 4) is 34.5 Å². The number of pyridine rings is 2. The fourth-order valence-corrected chi connectivity index (χ4v) is 6.63. The van der Waals surface area contributed by atoms with Gasteiger partial charge in [0.05, 0.1) is 111 Å². The zero-order chi connectivity index (χ0) is 53.7. The van der Waals surface area contributed by atoms with Crippen molar-refractivity contribution in [3.63, 3.8) is 0 Å². The Morgan fingerprint density at radius 1 is 0.382 bits per heavy atom. The lowest BCUT2D eigenvalue weighted by atomic mass is 10.2. The van der Waals surface area contributed by atoms with E-state index in [1.165, 1.54) is 39.1 Å². The fourth-order valence-electron chi connectivity index (χ4n) is 6.63. The summed E-state index contributed by atoms with van der Waals surface area (Å²) in [7, 11) is 3.95. The van der Waals surface area contributed by atoms with Crippen molar-refractivity contribution in [2.75, 3.05) is 74.2 Å². The number of nitrogens with zero attached hydrogens (tertiary/aromatic N) is 6. The Labute approximate surface area is 436 Å². The van der Waals surface area contributed by atoms with Crippen LogP contribution in [-0.4, -0.2) is 138 Å². The molecule has 1 aliphatic rings. The van der Waals surface area contributed by atoms with Crippen LogP contribution in [0, 0.1) is 0 Å². The summed E-state index contributed by atoms with van der Waals surface area (Å²) in [5.74, 6) is -0.127. The first kappa shape index (κ1) is 55.7. The van der Waals surface area contributed by atoms with Gasteiger partial charge in [-0.1, -0.05) is 48.5 Å². The van der Waals surface area contributed by atoms with E-state index in [2.05, 4.69) is 52.1 Å². The molecule has 1 aliphatic heterocycles. The Balaban J connectivity index is 0.00000463. The molecule has 5 N–H and O–H groups in total. The molecular formula is C53H54N10O13. The lowest BCUT2D eigenvalue weighted by Gasteiger charge is -2.12. The average molecular weight is 1040 g/mol. The summed E-state index contributed by atoms with van der Waals surface area (Å²) in [6, 6.07) is 33.0. The van der Waals surface area contributed by atoms with Crippen LogP contribution < -0.4 is 50.1 Å². The maximum absolute atomic E-state index is 13.2. The van der Waals surface area contributed by atoms with Gasteiger partial charge in [0.25, 0.3) is 23.6 Å². The molecule has 23 nitrogen and oxygen atoms in total. The zero-order valence-corrected chi connectivity index (χ0v) is 41.5. The first-order valence-electron chi connectivity index (χ1n) is 23.2. The molecule has 0 saturated heterocycles. The highest BCUT2D eigenvalue weighted by atomic mass is 16.6. The lowest BCUT2D eigenvalue weighted by Crippen LogP contribution is -2.20. The summed E-state index contributed by atoms with van der Waals surface area (Å²) < 4.78 is 45.7. The van der Waals surface area contributed by atoms with Crippen molar-refractivity contribution in [3.05, 3.63) is 166 Å². The second-order valence-electron chi connectivity index (χ2n) is 15.1. The Hall–Kier alpha value is -9.58. The molecule has 0 spiro atoms. The molecule has 23 heteroatoms. The van der Waals surface area contributed by atoms with Crippen LogP contribution in [0.15, 0.2) is 142 Å². The molecular weight excluding hydrogens is 985 g/mol. The molecule has 394 valence electrons. The topological polar surface area (TPSA) is 286 Å². The zero-order valence-electron chi connectivity index (χ0n) is 41.5. The number of hydrogen-bond donors (Lipinski definition) is 5. The van der Waals surface area contributed by atoms with Gasteiger partial charge in [0.15, 0.2) is 0 Å². The Bertz CT molecular complexity index is 2640. The van der Waals surface area contributed by atoms with Crippen molar-refractivity contribution in [2.45, 2.75) is 0 Å². The minimum absolute atomic E-state index is 0.108. The van der Waals surface area contributed by atoms with Crippen LogP contribution in [0.25, 0.3) is 0 Å². The van der Waals surface area contributed by atoms with Crippen molar-refractivity contribution in [1.29, 1.82) is 0 Å². The normalized spacial score (nSPS) is 16.2. The predicted molar refractivity (Wildman–Crippen MR) is 279 cm³/mol. The lowest BCUT2D eigenvalue weighted by molar-refractivity contribution is 0.0748. The highest BCUT2D eigenvalue weighted by molar-refractivity contribution is 5.99. The summed E-state index contributed by atoms with van der Waals surface area (Å²) in [6.07, 6.45) is 5.30. The second-order valence-corrected chi connectivity index (χ2v) is 15.1. The van der Waals surface area contributed by atoms with Gasteiger partial charge in [0.2, 0.25) is 0 Å². The smallest absolute Gasteiger partial charge is 0.275 e. The van der Waals surface area contributed by atoms with Gasteiger partial charge in [0.1, 0.15) is 60.9 Å². The van der Waals surface area contributed by atoms with Crippen LogP contribution in [0.4, 0.5) is 0 Å². The number of hydrogen-bond acceptors (Lipinski definition) is 19. The number of amides is 4. The number of ether oxygens (including phenoxy) is 8. The fraction of sp³-hybridized carbons (Fsp3) is 0.208. The number of nitrogens with one attached hydrogen (secondary N) is 4. The van der Waals surface area contributed by atoms with E-state index >= 15 is 0 Å². The average Bonchev–Trinajstić information content (AvgIpc) is 3.45. The number of fused-ring (bicyclic) bond motifs is 8. The summed E-state index contributed by atoms with van der Waals surface area (Å²) in [5.41, 5.74) is 12.1. The summed E-state index contributed by atoms with van der Waals surface area (Å²) in [5, 5.41) is 23.3. The first-order valence-corrected chi connectivity index (χ1v) is 23.2. The van der Waals surface area contributed by atoms with E-state index in [0.717, 1.165) is 7.11 Å². The third kappa shape index (κ3) is 17.3. The summed E-state index contributed by atoms with van der Waals surface area (Å²) in [4.78, 5) is 61.7. The molecule has 2 aromatic heterocycles. The Morgan fingerprint density at radius 2 is 0.618 bits per heavy atom. The monoisotopic (exact) mass is 1040 g/mol. The molecule has 4 amide bonds. The van der Waals surface area contributed by atoms with Crippen LogP contribution in [0.2, 0.25) is 0 Å². The molecule has 4 bridgehead atoms. The van der Waals surface area contributed by atoms with E-state index in [4.69, 9.17) is 43.0 Å². The molecule has 0 radical (unpaired) electrons. The van der Waals surface area contributed by atoms with Crippen molar-refractivity contribution in [1.82, 2.24) is 31.7 Å². The second kappa shape index (κ2) is 30.5. The minimum atomic E-state index is -0.542. The number of carbonyl (C=O) groups is 4. The summed E-state index contributed by atoms with van der Waals surface area (Å²) in [6.45, 7) is 1.07. The van der Waals surface area contributed by atoms with Gasteiger partial charge in [-0.05, 0) is 48.5 Å². The largest absolute Gasteiger partial charge is 0.497 e. The number of aliphatic hydroxyl groups excluding tert-OH is 1. The molecule has 0 atom stereocenters. The molecule has 76 heavy (non-hydrogen) atoms.